The number of piperidine rings is 1. The molecule has 0 aromatic heterocycles. The maximum absolute atomic E-state index is 13.5. The number of phenolic OH excluding ortho intramolecular Hbond substituents is 1. The van der Waals surface area contributed by atoms with Crippen LogP contribution in [0.1, 0.15) is 30.0 Å². The zero-order valence-corrected chi connectivity index (χ0v) is 19.4. The summed E-state index contributed by atoms with van der Waals surface area (Å²) in [5, 5.41) is 13.0. The Morgan fingerprint density at radius 2 is 1.71 bits per heavy atom. The van der Waals surface area contributed by atoms with Crippen LogP contribution in [0, 0.1) is 12.8 Å². The van der Waals surface area contributed by atoms with Gasteiger partial charge >= 0.3 is 0 Å². The van der Waals surface area contributed by atoms with Gasteiger partial charge in [-0.1, -0.05) is 35.9 Å². The monoisotopic (exact) mass is 460 g/mol. The lowest BCUT2D eigenvalue weighted by atomic mass is 9.83. The standard InChI is InChI=1S/C27H28N2O5/c1-17-8-11-19(12-9-17)29-25(31)15-13-20(27(32)28-21-6-4-5-7-22(21)30)26(29)18-10-14-23(33-2)24(16-18)34-3/h4-12,14,16,20,26,30H,13,15H2,1-3H3,(H,28,32). The molecule has 3 aromatic rings. The van der Waals surface area contributed by atoms with E-state index in [1.807, 2.05) is 43.3 Å². The molecule has 1 fully saturated rings. The van der Waals surface area contributed by atoms with Crippen LogP contribution in [-0.4, -0.2) is 31.1 Å². The molecule has 0 radical (unpaired) electrons. The normalized spacial score (nSPS) is 17.9. The number of hydrogen-bond donors (Lipinski definition) is 2. The maximum Gasteiger partial charge on any atom is 0.230 e. The minimum atomic E-state index is -0.574. The van der Waals surface area contributed by atoms with Gasteiger partial charge in [0.15, 0.2) is 11.5 Å². The highest BCUT2D eigenvalue weighted by atomic mass is 16.5. The number of hydrogen-bond acceptors (Lipinski definition) is 5. The van der Waals surface area contributed by atoms with Gasteiger partial charge in [0.25, 0.3) is 0 Å². The number of methoxy groups -OCH3 is 2. The van der Waals surface area contributed by atoms with Crippen molar-refractivity contribution in [2.24, 2.45) is 5.92 Å². The van der Waals surface area contributed by atoms with Crippen LogP contribution in [0.4, 0.5) is 11.4 Å². The maximum atomic E-state index is 13.5. The molecule has 1 saturated heterocycles. The number of phenols is 1. The van der Waals surface area contributed by atoms with Crippen molar-refractivity contribution in [2.45, 2.75) is 25.8 Å². The Morgan fingerprint density at radius 1 is 1.00 bits per heavy atom. The summed E-state index contributed by atoms with van der Waals surface area (Å²) in [5.74, 6) is 0.172. The quantitative estimate of drug-likeness (QED) is 0.514. The van der Waals surface area contributed by atoms with Gasteiger partial charge in [0, 0.05) is 12.1 Å². The van der Waals surface area contributed by atoms with Crippen LogP contribution in [0.2, 0.25) is 0 Å². The fourth-order valence-corrected chi connectivity index (χ4v) is 4.40. The number of anilines is 2. The average molecular weight is 461 g/mol. The van der Waals surface area contributed by atoms with Gasteiger partial charge in [0.2, 0.25) is 11.8 Å². The van der Waals surface area contributed by atoms with Gasteiger partial charge in [0.05, 0.1) is 31.9 Å². The van der Waals surface area contributed by atoms with E-state index in [9.17, 15) is 14.7 Å². The molecule has 176 valence electrons. The molecule has 7 heteroatoms. The van der Waals surface area contributed by atoms with Crippen molar-refractivity contribution in [3.63, 3.8) is 0 Å². The smallest absolute Gasteiger partial charge is 0.230 e. The molecule has 0 bridgehead atoms. The first-order valence-corrected chi connectivity index (χ1v) is 11.1. The Bertz CT molecular complexity index is 1190. The number of aromatic hydroxyl groups is 1. The number of aryl methyl sites for hydroxylation is 1. The Kier molecular flexibility index (Phi) is 6.72. The van der Waals surface area contributed by atoms with Gasteiger partial charge in [-0.3, -0.25) is 9.59 Å². The predicted octanol–water partition coefficient (Wildman–Crippen LogP) is 4.84. The largest absolute Gasteiger partial charge is 0.506 e. The molecule has 2 atom stereocenters. The van der Waals surface area contributed by atoms with Crippen LogP contribution >= 0.6 is 0 Å². The zero-order valence-electron chi connectivity index (χ0n) is 19.4. The molecular formula is C27H28N2O5. The van der Waals surface area contributed by atoms with Gasteiger partial charge in [-0.15, -0.1) is 0 Å². The fourth-order valence-electron chi connectivity index (χ4n) is 4.40. The molecule has 0 saturated carbocycles. The van der Waals surface area contributed by atoms with Gasteiger partial charge in [-0.05, 0) is 55.3 Å². The van der Waals surface area contributed by atoms with E-state index in [-0.39, 0.29) is 24.0 Å². The van der Waals surface area contributed by atoms with E-state index in [0.717, 1.165) is 16.8 Å². The third kappa shape index (κ3) is 4.55. The van der Waals surface area contributed by atoms with Crippen LogP contribution < -0.4 is 19.7 Å². The van der Waals surface area contributed by atoms with E-state index in [1.54, 1.807) is 43.4 Å². The molecule has 0 aliphatic carbocycles. The topological polar surface area (TPSA) is 88.1 Å². The SMILES string of the molecule is COc1ccc(C2C(C(=O)Nc3ccccc3O)CCC(=O)N2c2ccc(C)cc2)cc1OC. The highest BCUT2D eigenvalue weighted by Crippen LogP contribution is 2.43. The highest BCUT2D eigenvalue weighted by Gasteiger charge is 2.42. The van der Waals surface area contributed by atoms with E-state index < -0.39 is 12.0 Å². The van der Waals surface area contributed by atoms with Gasteiger partial charge < -0.3 is 24.8 Å². The van der Waals surface area contributed by atoms with Crippen molar-refractivity contribution in [3.05, 3.63) is 77.9 Å². The van der Waals surface area contributed by atoms with E-state index in [0.29, 0.717) is 23.6 Å². The number of ether oxygens (including phenoxy) is 2. The second kappa shape index (κ2) is 9.87. The van der Waals surface area contributed by atoms with E-state index >= 15 is 0 Å². The molecular weight excluding hydrogens is 432 g/mol. The summed E-state index contributed by atoms with van der Waals surface area (Å²) in [4.78, 5) is 28.4. The van der Waals surface area contributed by atoms with E-state index in [2.05, 4.69) is 5.32 Å². The second-order valence-electron chi connectivity index (χ2n) is 8.31. The number of amides is 2. The molecule has 1 aliphatic heterocycles. The third-order valence-electron chi connectivity index (χ3n) is 6.16. The first kappa shape index (κ1) is 23.2. The van der Waals surface area contributed by atoms with Crippen LogP contribution in [0.5, 0.6) is 17.2 Å². The molecule has 1 aliphatic rings. The van der Waals surface area contributed by atoms with Gasteiger partial charge in [-0.2, -0.15) is 0 Å². The minimum absolute atomic E-state index is 0.0132. The van der Waals surface area contributed by atoms with Crippen LogP contribution in [-0.2, 0) is 9.59 Å². The van der Waals surface area contributed by atoms with E-state index in [1.165, 1.54) is 6.07 Å². The highest BCUT2D eigenvalue weighted by molar-refractivity contribution is 6.00. The number of carbonyl (C=O) groups excluding carboxylic acids is 2. The third-order valence-corrected chi connectivity index (χ3v) is 6.16. The molecule has 3 aromatic carbocycles. The summed E-state index contributed by atoms with van der Waals surface area (Å²) < 4.78 is 10.9. The summed E-state index contributed by atoms with van der Waals surface area (Å²) in [5.41, 5.74) is 2.88. The summed E-state index contributed by atoms with van der Waals surface area (Å²) in [6.07, 6.45) is 0.607. The molecule has 4 rings (SSSR count). The number of nitrogens with one attached hydrogen (secondary N) is 1. The summed E-state index contributed by atoms with van der Waals surface area (Å²) in [7, 11) is 3.11. The molecule has 0 spiro atoms. The van der Waals surface area contributed by atoms with Crippen molar-refractivity contribution < 1.29 is 24.2 Å². The molecule has 7 nitrogen and oxygen atoms in total. The summed E-state index contributed by atoms with van der Waals surface area (Å²) >= 11 is 0. The molecule has 1 heterocycles. The minimum Gasteiger partial charge on any atom is -0.506 e. The molecule has 2 unspecified atom stereocenters. The van der Waals surface area contributed by atoms with Crippen LogP contribution in [0.3, 0.4) is 0 Å². The molecule has 34 heavy (non-hydrogen) atoms. The van der Waals surface area contributed by atoms with Crippen molar-refractivity contribution in [3.8, 4) is 17.2 Å². The predicted molar refractivity (Wildman–Crippen MR) is 130 cm³/mol. The number of carbonyl (C=O) groups is 2. The fraction of sp³-hybridized carbons (Fsp3) is 0.259. The first-order chi connectivity index (χ1) is 16.4. The number of benzene rings is 3. The van der Waals surface area contributed by atoms with Crippen molar-refractivity contribution in [1.29, 1.82) is 0 Å². The van der Waals surface area contributed by atoms with Gasteiger partial charge in [0.1, 0.15) is 5.75 Å². The second-order valence-corrected chi connectivity index (χ2v) is 8.31. The van der Waals surface area contributed by atoms with Gasteiger partial charge in [-0.25, -0.2) is 0 Å². The van der Waals surface area contributed by atoms with Crippen molar-refractivity contribution in [1.82, 2.24) is 0 Å². The summed E-state index contributed by atoms with van der Waals surface area (Å²) in [6.45, 7) is 1.98. The number of para-hydroxylation sites is 2. The lowest BCUT2D eigenvalue weighted by Crippen LogP contribution is -2.47. The molecule has 2 N–H and O–H groups in total. The summed E-state index contributed by atoms with van der Waals surface area (Å²) in [6, 6.07) is 19.1. The van der Waals surface area contributed by atoms with Crippen molar-refractivity contribution >= 4 is 23.2 Å². The van der Waals surface area contributed by atoms with E-state index in [4.69, 9.17) is 9.47 Å². The average Bonchev–Trinajstić information content (AvgIpc) is 2.85. The Hall–Kier alpha value is -4.00. The first-order valence-electron chi connectivity index (χ1n) is 11.1. The van der Waals surface area contributed by atoms with Crippen molar-refractivity contribution in [2.75, 3.05) is 24.4 Å². The lowest BCUT2D eigenvalue weighted by molar-refractivity contribution is -0.126. The van der Waals surface area contributed by atoms with Crippen LogP contribution in [0.25, 0.3) is 0 Å². The number of nitrogens with zero attached hydrogens (tertiary/aromatic N) is 1. The zero-order chi connectivity index (χ0) is 24.2. The number of rotatable bonds is 6. The Morgan fingerprint density at radius 3 is 2.38 bits per heavy atom. The molecule has 2 amide bonds. The Balaban J connectivity index is 1.79. The van der Waals surface area contributed by atoms with Crippen LogP contribution in [0.15, 0.2) is 66.7 Å². The lowest BCUT2D eigenvalue weighted by Gasteiger charge is -2.41. The Labute approximate surface area is 198 Å².